The van der Waals surface area contributed by atoms with Crippen LogP contribution in [0.15, 0.2) is 5.10 Å². The van der Waals surface area contributed by atoms with Gasteiger partial charge >= 0.3 is 0 Å². The number of nitrogens with one attached hydrogen (secondary N) is 2. The number of amides is 1. The van der Waals surface area contributed by atoms with E-state index in [-0.39, 0.29) is 11.9 Å². The van der Waals surface area contributed by atoms with Crippen LogP contribution in [0, 0.1) is 0 Å². The van der Waals surface area contributed by atoms with Crippen LogP contribution in [-0.4, -0.2) is 23.7 Å². The molecule has 0 radical (unpaired) electrons. The van der Waals surface area contributed by atoms with Crippen LogP contribution in [0.25, 0.3) is 0 Å². The van der Waals surface area contributed by atoms with Gasteiger partial charge in [0.2, 0.25) is 0 Å². The SMILES string of the molecule is CC(C)=NNC(=O)C1CCCC(C)N1. The van der Waals surface area contributed by atoms with Crippen molar-refractivity contribution >= 4 is 11.6 Å². The van der Waals surface area contributed by atoms with Gasteiger partial charge in [-0.2, -0.15) is 5.10 Å². The number of hydrazone groups is 1. The van der Waals surface area contributed by atoms with E-state index in [4.69, 9.17) is 0 Å². The van der Waals surface area contributed by atoms with Gasteiger partial charge in [0.25, 0.3) is 5.91 Å². The van der Waals surface area contributed by atoms with Crippen molar-refractivity contribution < 1.29 is 4.79 Å². The lowest BCUT2D eigenvalue weighted by atomic mass is 9.99. The van der Waals surface area contributed by atoms with Gasteiger partial charge in [-0.15, -0.1) is 0 Å². The topological polar surface area (TPSA) is 53.5 Å². The molecule has 0 aromatic rings. The summed E-state index contributed by atoms with van der Waals surface area (Å²) < 4.78 is 0. The molecule has 14 heavy (non-hydrogen) atoms. The van der Waals surface area contributed by atoms with Gasteiger partial charge in [-0.1, -0.05) is 0 Å². The summed E-state index contributed by atoms with van der Waals surface area (Å²) in [5.74, 6) is -0.0160. The van der Waals surface area contributed by atoms with Crippen LogP contribution in [0.3, 0.4) is 0 Å². The predicted octanol–water partition coefficient (Wildman–Crippen LogP) is 1.03. The van der Waals surface area contributed by atoms with Crippen LogP contribution >= 0.6 is 0 Å². The highest BCUT2D eigenvalue weighted by Crippen LogP contribution is 2.12. The standard InChI is InChI=1S/C10H19N3O/c1-7(2)12-13-10(14)9-6-4-5-8(3)11-9/h8-9,11H,4-6H2,1-3H3,(H,13,14). The Bertz CT molecular complexity index is 234. The minimum absolute atomic E-state index is 0.0160. The largest absolute Gasteiger partial charge is 0.303 e. The van der Waals surface area contributed by atoms with Crippen LogP contribution in [0.4, 0.5) is 0 Å². The Labute approximate surface area is 85.1 Å². The molecule has 2 atom stereocenters. The zero-order valence-corrected chi connectivity index (χ0v) is 9.13. The fourth-order valence-corrected chi connectivity index (χ4v) is 1.59. The molecule has 4 heteroatoms. The second-order valence-corrected chi connectivity index (χ2v) is 4.09. The molecule has 1 aliphatic rings. The molecule has 4 nitrogen and oxygen atoms in total. The molecule has 0 saturated carbocycles. The number of nitrogens with zero attached hydrogens (tertiary/aromatic N) is 1. The molecule has 1 fully saturated rings. The first-order valence-electron chi connectivity index (χ1n) is 5.16. The second-order valence-electron chi connectivity index (χ2n) is 4.09. The Morgan fingerprint density at radius 3 is 2.71 bits per heavy atom. The van der Waals surface area contributed by atoms with Crippen LogP contribution in [-0.2, 0) is 4.79 Å². The number of rotatable bonds is 2. The number of carbonyl (C=O) groups is 1. The molecular weight excluding hydrogens is 178 g/mol. The van der Waals surface area contributed by atoms with E-state index in [0.717, 1.165) is 25.0 Å². The number of carbonyl (C=O) groups excluding carboxylic acids is 1. The smallest absolute Gasteiger partial charge is 0.257 e. The van der Waals surface area contributed by atoms with Gasteiger partial charge in [-0.05, 0) is 40.0 Å². The Kier molecular flexibility index (Phi) is 4.07. The molecule has 1 heterocycles. The summed E-state index contributed by atoms with van der Waals surface area (Å²) >= 11 is 0. The fourth-order valence-electron chi connectivity index (χ4n) is 1.59. The molecule has 1 rings (SSSR count). The molecule has 1 aliphatic heterocycles. The minimum atomic E-state index is -0.0677. The molecular formula is C10H19N3O. The van der Waals surface area contributed by atoms with E-state index in [1.807, 2.05) is 13.8 Å². The van der Waals surface area contributed by atoms with E-state index in [1.54, 1.807) is 0 Å². The third-order valence-corrected chi connectivity index (χ3v) is 2.32. The zero-order chi connectivity index (χ0) is 10.6. The maximum absolute atomic E-state index is 11.6. The van der Waals surface area contributed by atoms with E-state index in [1.165, 1.54) is 0 Å². The van der Waals surface area contributed by atoms with Gasteiger partial charge in [0.05, 0.1) is 6.04 Å². The van der Waals surface area contributed by atoms with E-state index < -0.39 is 0 Å². The predicted molar refractivity (Wildman–Crippen MR) is 57.2 cm³/mol. The molecule has 2 N–H and O–H groups in total. The first-order chi connectivity index (χ1) is 6.59. The van der Waals surface area contributed by atoms with Crippen molar-refractivity contribution in [1.82, 2.24) is 10.7 Å². The lowest BCUT2D eigenvalue weighted by molar-refractivity contribution is -0.123. The first kappa shape index (κ1) is 11.2. The molecule has 0 bridgehead atoms. The van der Waals surface area contributed by atoms with E-state index in [0.29, 0.717) is 6.04 Å². The summed E-state index contributed by atoms with van der Waals surface area (Å²) in [5.41, 5.74) is 3.42. The van der Waals surface area contributed by atoms with Gasteiger partial charge in [0.1, 0.15) is 0 Å². The summed E-state index contributed by atoms with van der Waals surface area (Å²) in [6.45, 7) is 5.82. The van der Waals surface area contributed by atoms with E-state index in [2.05, 4.69) is 22.8 Å². The van der Waals surface area contributed by atoms with E-state index >= 15 is 0 Å². The van der Waals surface area contributed by atoms with Crippen molar-refractivity contribution in [2.24, 2.45) is 5.10 Å². The molecule has 1 amide bonds. The Balaban J connectivity index is 2.40. The number of piperidine rings is 1. The highest BCUT2D eigenvalue weighted by Gasteiger charge is 2.23. The normalized spacial score (nSPS) is 26.8. The molecule has 0 aliphatic carbocycles. The van der Waals surface area contributed by atoms with Crippen LogP contribution in [0.2, 0.25) is 0 Å². The highest BCUT2D eigenvalue weighted by atomic mass is 16.2. The van der Waals surface area contributed by atoms with Crippen LogP contribution in [0.1, 0.15) is 40.0 Å². The van der Waals surface area contributed by atoms with Crippen molar-refractivity contribution in [2.45, 2.75) is 52.1 Å². The Morgan fingerprint density at radius 2 is 2.14 bits per heavy atom. The lowest BCUT2D eigenvalue weighted by Gasteiger charge is -2.27. The summed E-state index contributed by atoms with van der Waals surface area (Å²) in [6.07, 6.45) is 3.18. The molecule has 80 valence electrons. The molecule has 0 aromatic heterocycles. The summed E-state index contributed by atoms with van der Waals surface area (Å²) in [7, 11) is 0. The summed E-state index contributed by atoms with van der Waals surface area (Å²) in [6, 6.07) is 0.369. The lowest BCUT2D eigenvalue weighted by Crippen LogP contribution is -2.49. The Hall–Kier alpha value is -0.900. The molecule has 0 aromatic carbocycles. The van der Waals surface area contributed by atoms with Crippen molar-refractivity contribution in [3.05, 3.63) is 0 Å². The third kappa shape index (κ3) is 3.46. The summed E-state index contributed by atoms with van der Waals surface area (Å²) in [5, 5.41) is 7.16. The maximum atomic E-state index is 11.6. The average molecular weight is 197 g/mol. The summed E-state index contributed by atoms with van der Waals surface area (Å²) in [4.78, 5) is 11.6. The van der Waals surface area contributed by atoms with Crippen LogP contribution in [0.5, 0.6) is 0 Å². The van der Waals surface area contributed by atoms with E-state index in [9.17, 15) is 4.79 Å². The second kappa shape index (κ2) is 5.10. The van der Waals surface area contributed by atoms with Crippen molar-refractivity contribution in [3.8, 4) is 0 Å². The molecule has 0 spiro atoms. The quantitative estimate of drug-likeness (QED) is 0.513. The number of hydrogen-bond acceptors (Lipinski definition) is 3. The van der Waals surface area contributed by atoms with Gasteiger partial charge in [-0.25, -0.2) is 5.43 Å². The van der Waals surface area contributed by atoms with Crippen molar-refractivity contribution in [2.75, 3.05) is 0 Å². The zero-order valence-electron chi connectivity index (χ0n) is 9.13. The van der Waals surface area contributed by atoms with Crippen molar-refractivity contribution in [1.29, 1.82) is 0 Å². The highest BCUT2D eigenvalue weighted by molar-refractivity contribution is 5.85. The van der Waals surface area contributed by atoms with Crippen molar-refractivity contribution in [3.63, 3.8) is 0 Å². The van der Waals surface area contributed by atoms with Gasteiger partial charge in [0.15, 0.2) is 0 Å². The maximum Gasteiger partial charge on any atom is 0.257 e. The van der Waals surface area contributed by atoms with Gasteiger partial charge < -0.3 is 5.32 Å². The minimum Gasteiger partial charge on any atom is -0.303 e. The van der Waals surface area contributed by atoms with Gasteiger partial charge in [0, 0.05) is 11.8 Å². The van der Waals surface area contributed by atoms with Crippen LogP contribution < -0.4 is 10.7 Å². The number of hydrogen-bond donors (Lipinski definition) is 2. The Morgan fingerprint density at radius 1 is 1.43 bits per heavy atom. The molecule has 2 unspecified atom stereocenters. The molecule has 1 saturated heterocycles. The van der Waals surface area contributed by atoms with Gasteiger partial charge in [-0.3, -0.25) is 4.79 Å². The monoisotopic (exact) mass is 197 g/mol. The average Bonchev–Trinajstić information content (AvgIpc) is 2.14. The fraction of sp³-hybridized carbons (Fsp3) is 0.800. The first-order valence-corrected chi connectivity index (χ1v) is 5.16. The third-order valence-electron chi connectivity index (χ3n) is 2.32.